The van der Waals surface area contributed by atoms with Crippen molar-refractivity contribution in [3.8, 4) is 0 Å². The molecule has 6 nitrogen and oxygen atoms in total. The summed E-state index contributed by atoms with van der Waals surface area (Å²) >= 11 is 0. The average Bonchev–Trinajstić information content (AvgIpc) is 3.09. The van der Waals surface area contributed by atoms with Crippen molar-refractivity contribution >= 4 is 27.7 Å². The summed E-state index contributed by atoms with van der Waals surface area (Å²) in [5.41, 5.74) is 3.52. The zero-order chi connectivity index (χ0) is 17.9. The van der Waals surface area contributed by atoms with Crippen molar-refractivity contribution < 1.29 is 4.79 Å². The largest absolute Gasteiger partial charge is 0.352 e. The molecule has 1 N–H and O–H groups in total. The van der Waals surface area contributed by atoms with Gasteiger partial charge in [-0.05, 0) is 37.1 Å². The van der Waals surface area contributed by atoms with Crippen LogP contribution in [-0.2, 0) is 6.54 Å². The van der Waals surface area contributed by atoms with Crippen LogP contribution in [0.4, 0.5) is 0 Å². The van der Waals surface area contributed by atoms with E-state index in [0.717, 1.165) is 23.9 Å². The molecule has 0 aliphatic carbocycles. The van der Waals surface area contributed by atoms with E-state index >= 15 is 0 Å². The van der Waals surface area contributed by atoms with E-state index in [1.807, 2.05) is 29.1 Å². The zero-order valence-corrected chi connectivity index (χ0v) is 14.5. The molecule has 3 heterocycles. The summed E-state index contributed by atoms with van der Waals surface area (Å²) in [6.07, 6.45) is 7.65. The van der Waals surface area contributed by atoms with Crippen LogP contribution in [0.15, 0.2) is 55.1 Å². The molecule has 4 aromatic rings. The van der Waals surface area contributed by atoms with Gasteiger partial charge in [-0.2, -0.15) is 5.10 Å². The number of hydrogen-bond acceptors (Lipinski definition) is 4. The maximum atomic E-state index is 12.5. The third-order valence-corrected chi connectivity index (χ3v) is 4.49. The van der Waals surface area contributed by atoms with Crippen LogP contribution in [-0.4, -0.2) is 32.2 Å². The van der Waals surface area contributed by atoms with Gasteiger partial charge in [0.15, 0.2) is 0 Å². The maximum Gasteiger partial charge on any atom is 0.255 e. The molecule has 1 amide bonds. The lowest BCUT2D eigenvalue weighted by Crippen LogP contribution is -2.25. The van der Waals surface area contributed by atoms with Gasteiger partial charge in [-0.3, -0.25) is 19.4 Å². The molecule has 6 heteroatoms. The van der Waals surface area contributed by atoms with Gasteiger partial charge in [0, 0.05) is 42.5 Å². The highest BCUT2D eigenvalue weighted by atomic mass is 16.1. The monoisotopic (exact) mass is 345 g/mol. The normalized spacial score (nSPS) is 11.1. The number of nitrogens with zero attached hydrogens (tertiary/aromatic N) is 4. The summed E-state index contributed by atoms with van der Waals surface area (Å²) in [5, 5.41) is 9.44. The molecule has 0 spiro atoms. The Bertz CT molecular complexity index is 1080. The number of hydrogen-bond donors (Lipinski definition) is 1. The molecule has 4 rings (SSSR count). The third kappa shape index (κ3) is 3.01. The van der Waals surface area contributed by atoms with E-state index in [2.05, 4.69) is 39.4 Å². The molecule has 0 bridgehead atoms. The standard InChI is InChI=1S/C20H19N5O/c1-14-5-2-7-18-16(14)13-24-25(18)10-4-9-23-20(26)17-12-21-11-15-6-3-8-22-19(15)17/h2-3,5-8,11-13H,4,9-10H2,1H3,(H,23,26). The van der Waals surface area contributed by atoms with Crippen molar-refractivity contribution in [3.05, 3.63) is 66.2 Å². The first kappa shape index (κ1) is 16.2. The average molecular weight is 345 g/mol. The van der Waals surface area contributed by atoms with E-state index in [9.17, 15) is 4.79 Å². The molecule has 0 atom stereocenters. The number of nitrogens with one attached hydrogen (secondary N) is 1. The Morgan fingerprint density at radius 1 is 1.15 bits per heavy atom. The summed E-state index contributed by atoms with van der Waals surface area (Å²) in [7, 11) is 0. The van der Waals surface area contributed by atoms with E-state index in [4.69, 9.17) is 0 Å². The molecule has 130 valence electrons. The maximum absolute atomic E-state index is 12.5. The Kier molecular flexibility index (Phi) is 4.31. The van der Waals surface area contributed by atoms with Crippen LogP contribution in [0.5, 0.6) is 0 Å². The van der Waals surface area contributed by atoms with Gasteiger partial charge >= 0.3 is 0 Å². The molecule has 0 saturated heterocycles. The van der Waals surface area contributed by atoms with E-state index in [0.29, 0.717) is 17.6 Å². The van der Waals surface area contributed by atoms with Gasteiger partial charge in [-0.1, -0.05) is 12.1 Å². The first-order valence-corrected chi connectivity index (χ1v) is 8.62. The van der Waals surface area contributed by atoms with Gasteiger partial charge < -0.3 is 5.32 Å². The highest BCUT2D eigenvalue weighted by molar-refractivity contribution is 6.04. The number of carbonyl (C=O) groups excluding carboxylic acids is 1. The predicted octanol–water partition coefficient (Wildman–Crippen LogP) is 3.11. The minimum Gasteiger partial charge on any atom is -0.352 e. The summed E-state index contributed by atoms with van der Waals surface area (Å²) in [5.74, 6) is -0.150. The lowest BCUT2D eigenvalue weighted by molar-refractivity contribution is 0.0954. The summed E-state index contributed by atoms with van der Waals surface area (Å²) in [4.78, 5) is 20.9. The van der Waals surface area contributed by atoms with Crippen molar-refractivity contribution in [1.82, 2.24) is 25.1 Å². The predicted molar refractivity (Wildman–Crippen MR) is 101 cm³/mol. The van der Waals surface area contributed by atoms with Crippen LogP contribution in [0.3, 0.4) is 0 Å². The molecule has 1 aromatic carbocycles. The molecular weight excluding hydrogens is 326 g/mol. The van der Waals surface area contributed by atoms with Gasteiger partial charge in [0.25, 0.3) is 5.91 Å². The summed E-state index contributed by atoms with van der Waals surface area (Å²) in [6, 6.07) is 9.93. The van der Waals surface area contributed by atoms with E-state index < -0.39 is 0 Å². The number of aryl methyl sites for hydroxylation is 2. The second-order valence-corrected chi connectivity index (χ2v) is 6.25. The first-order valence-electron chi connectivity index (χ1n) is 8.62. The Labute approximate surface area is 150 Å². The number of rotatable bonds is 5. The summed E-state index contributed by atoms with van der Waals surface area (Å²) in [6.45, 7) is 3.40. The van der Waals surface area contributed by atoms with Gasteiger partial charge in [0.2, 0.25) is 0 Å². The highest BCUT2D eigenvalue weighted by Crippen LogP contribution is 2.18. The van der Waals surface area contributed by atoms with E-state index in [1.54, 1.807) is 18.6 Å². The number of aromatic nitrogens is 4. The molecular formula is C20H19N5O. The van der Waals surface area contributed by atoms with Crippen molar-refractivity contribution in [2.45, 2.75) is 19.9 Å². The number of fused-ring (bicyclic) bond motifs is 2. The number of carbonyl (C=O) groups is 1. The fraction of sp³-hybridized carbons (Fsp3) is 0.200. The lowest BCUT2D eigenvalue weighted by Gasteiger charge is -2.08. The fourth-order valence-corrected chi connectivity index (χ4v) is 3.12. The van der Waals surface area contributed by atoms with Crippen LogP contribution in [0.2, 0.25) is 0 Å². The minimum absolute atomic E-state index is 0.150. The second-order valence-electron chi connectivity index (χ2n) is 6.25. The number of benzene rings is 1. The van der Waals surface area contributed by atoms with Gasteiger partial charge in [-0.15, -0.1) is 0 Å². The van der Waals surface area contributed by atoms with Gasteiger partial charge in [0.05, 0.1) is 22.8 Å². The van der Waals surface area contributed by atoms with Crippen molar-refractivity contribution in [2.75, 3.05) is 6.54 Å². The molecule has 3 aromatic heterocycles. The molecule has 0 aliphatic heterocycles. The minimum atomic E-state index is -0.150. The molecule has 0 saturated carbocycles. The molecule has 26 heavy (non-hydrogen) atoms. The Balaban J connectivity index is 1.40. The smallest absolute Gasteiger partial charge is 0.255 e. The molecule has 0 unspecified atom stereocenters. The number of pyridine rings is 2. The third-order valence-electron chi connectivity index (χ3n) is 4.49. The lowest BCUT2D eigenvalue weighted by atomic mass is 10.1. The van der Waals surface area contributed by atoms with Gasteiger partial charge in [-0.25, -0.2) is 0 Å². The van der Waals surface area contributed by atoms with Crippen LogP contribution in [0.1, 0.15) is 22.3 Å². The second kappa shape index (κ2) is 6.92. The van der Waals surface area contributed by atoms with Crippen LogP contribution in [0.25, 0.3) is 21.8 Å². The zero-order valence-electron chi connectivity index (χ0n) is 14.5. The van der Waals surface area contributed by atoms with Crippen molar-refractivity contribution in [2.24, 2.45) is 0 Å². The fourth-order valence-electron chi connectivity index (χ4n) is 3.12. The topological polar surface area (TPSA) is 72.7 Å². The van der Waals surface area contributed by atoms with Crippen molar-refractivity contribution in [3.63, 3.8) is 0 Å². The quantitative estimate of drug-likeness (QED) is 0.564. The molecule has 0 aliphatic rings. The number of amides is 1. The Hall–Kier alpha value is -3.28. The molecule has 0 fully saturated rings. The van der Waals surface area contributed by atoms with E-state index in [-0.39, 0.29) is 5.91 Å². The highest BCUT2D eigenvalue weighted by Gasteiger charge is 2.11. The molecule has 0 radical (unpaired) electrons. The SMILES string of the molecule is Cc1cccc2c1cnn2CCCNC(=O)c1cncc2cccnc12. The van der Waals surface area contributed by atoms with Crippen LogP contribution in [0, 0.1) is 6.92 Å². The van der Waals surface area contributed by atoms with Gasteiger partial charge in [0.1, 0.15) is 0 Å². The Morgan fingerprint density at radius 3 is 3.00 bits per heavy atom. The van der Waals surface area contributed by atoms with Crippen LogP contribution < -0.4 is 5.32 Å². The summed E-state index contributed by atoms with van der Waals surface area (Å²) < 4.78 is 1.98. The van der Waals surface area contributed by atoms with Crippen molar-refractivity contribution in [1.29, 1.82) is 0 Å². The van der Waals surface area contributed by atoms with E-state index in [1.165, 1.54) is 10.9 Å². The Morgan fingerprint density at radius 2 is 2.08 bits per heavy atom. The first-order chi connectivity index (χ1) is 12.7. The van der Waals surface area contributed by atoms with Crippen LogP contribution >= 0.6 is 0 Å².